The smallest absolute Gasteiger partial charge is 0.0110 e. The van der Waals surface area contributed by atoms with E-state index in [4.69, 9.17) is 0 Å². The van der Waals surface area contributed by atoms with Gasteiger partial charge in [0.2, 0.25) is 0 Å². The maximum absolute atomic E-state index is 3.79. The Morgan fingerprint density at radius 3 is 2.29 bits per heavy atom. The highest BCUT2D eigenvalue weighted by Crippen LogP contribution is 2.28. The Morgan fingerprint density at radius 2 is 1.67 bits per heavy atom. The third-order valence-corrected chi connectivity index (χ3v) is 4.94. The van der Waals surface area contributed by atoms with Crippen molar-refractivity contribution in [1.82, 2.24) is 5.32 Å². The van der Waals surface area contributed by atoms with E-state index in [0.717, 1.165) is 18.9 Å². The Labute approximate surface area is 131 Å². The first-order chi connectivity index (χ1) is 10.3. The van der Waals surface area contributed by atoms with Crippen LogP contribution in [-0.4, -0.2) is 12.6 Å². The van der Waals surface area contributed by atoms with Crippen LogP contribution < -0.4 is 5.32 Å². The Morgan fingerprint density at radius 1 is 1.00 bits per heavy atom. The fraction of sp³-hybridized carbons (Fsp3) is 0.700. The molecule has 1 N–H and O–H groups in total. The summed E-state index contributed by atoms with van der Waals surface area (Å²) < 4.78 is 0. The minimum atomic E-state index is 0.667. The fourth-order valence-electron chi connectivity index (χ4n) is 3.61. The average molecular weight is 287 g/mol. The van der Waals surface area contributed by atoms with Gasteiger partial charge in [0, 0.05) is 6.04 Å². The lowest BCUT2D eigenvalue weighted by molar-refractivity contribution is 0.296. The van der Waals surface area contributed by atoms with Gasteiger partial charge < -0.3 is 5.32 Å². The summed E-state index contributed by atoms with van der Waals surface area (Å²) >= 11 is 0. The summed E-state index contributed by atoms with van der Waals surface area (Å²) in [4.78, 5) is 0. The van der Waals surface area contributed by atoms with Crippen LogP contribution in [-0.2, 0) is 12.8 Å². The van der Waals surface area contributed by atoms with Gasteiger partial charge >= 0.3 is 0 Å². The lowest BCUT2D eigenvalue weighted by atomic mass is 9.83. The van der Waals surface area contributed by atoms with Gasteiger partial charge in [0.15, 0.2) is 0 Å². The van der Waals surface area contributed by atoms with Crippen molar-refractivity contribution in [2.45, 2.75) is 77.7 Å². The average Bonchev–Trinajstić information content (AvgIpc) is 2.54. The van der Waals surface area contributed by atoms with Crippen molar-refractivity contribution >= 4 is 0 Å². The molecule has 1 atom stereocenters. The van der Waals surface area contributed by atoms with Gasteiger partial charge in [-0.15, -0.1) is 0 Å². The van der Waals surface area contributed by atoms with Crippen LogP contribution in [0.2, 0.25) is 0 Å². The zero-order valence-corrected chi connectivity index (χ0v) is 14.0. The highest BCUT2D eigenvalue weighted by molar-refractivity contribution is 5.23. The first-order valence-corrected chi connectivity index (χ1v) is 9.13. The zero-order chi connectivity index (χ0) is 14.9. The molecule has 1 aromatic rings. The molecule has 2 rings (SSSR count). The summed E-state index contributed by atoms with van der Waals surface area (Å²) in [7, 11) is 0. The number of nitrogens with one attached hydrogen (secondary N) is 1. The van der Waals surface area contributed by atoms with Gasteiger partial charge in [-0.05, 0) is 49.3 Å². The Bertz CT molecular complexity index is 375. The minimum absolute atomic E-state index is 0.667. The summed E-state index contributed by atoms with van der Waals surface area (Å²) in [6.45, 7) is 5.65. The van der Waals surface area contributed by atoms with E-state index in [1.165, 1.54) is 62.5 Å². The van der Waals surface area contributed by atoms with Gasteiger partial charge in [0.1, 0.15) is 0 Å². The van der Waals surface area contributed by atoms with Gasteiger partial charge in [0.25, 0.3) is 0 Å². The molecule has 118 valence electrons. The molecule has 0 heterocycles. The van der Waals surface area contributed by atoms with Crippen molar-refractivity contribution in [3.8, 4) is 0 Å². The zero-order valence-electron chi connectivity index (χ0n) is 14.0. The van der Waals surface area contributed by atoms with Gasteiger partial charge in [-0.25, -0.2) is 0 Å². The number of hydrogen-bond acceptors (Lipinski definition) is 1. The highest BCUT2D eigenvalue weighted by atomic mass is 14.9. The molecule has 0 radical (unpaired) electrons. The van der Waals surface area contributed by atoms with Crippen LogP contribution >= 0.6 is 0 Å². The number of benzene rings is 1. The number of hydrogen-bond donors (Lipinski definition) is 1. The molecule has 1 aliphatic rings. The topological polar surface area (TPSA) is 12.0 Å². The molecule has 1 heteroatoms. The van der Waals surface area contributed by atoms with E-state index in [2.05, 4.69) is 43.4 Å². The van der Waals surface area contributed by atoms with Crippen LogP contribution in [0.3, 0.4) is 0 Å². The van der Waals surface area contributed by atoms with Crippen LogP contribution in [0.4, 0.5) is 0 Å². The van der Waals surface area contributed by atoms with E-state index in [1.807, 2.05) is 0 Å². The molecule has 1 fully saturated rings. The van der Waals surface area contributed by atoms with Crippen LogP contribution in [0.5, 0.6) is 0 Å². The SMILES string of the molecule is CCCNC(Cc1ccc(CC)cc1)CC1CCCCC1. The number of rotatable bonds is 8. The lowest BCUT2D eigenvalue weighted by Gasteiger charge is -2.27. The largest absolute Gasteiger partial charge is 0.314 e. The molecule has 1 unspecified atom stereocenters. The molecule has 0 amide bonds. The van der Waals surface area contributed by atoms with Crippen molar-refractivity contribution in [1.29, 1.82) is 0 Å². The molecule has 1 nitrogen and oxygen atoms in total. The van der Waals surface area contributed by atoms with Gasteiger partial charge in [0.05, 0.1) is 0 Å². The minimum Gasteiger partial charge on any atom is -0.314 e. The second kappa shape index (κ2) is 9.25. The van der Waals surface area contributed by atoms with E-state index in [-0.39, 0.29) is 0 Å². The van der Waals surface area contributed by atoms with Crippen molar-refractivity contribution in [3.05, 3.63) is 35.4 Å². The maximum Gasteiger partial charge on any atom is 0.0110 e. The second-order valence-corrected chi connectivity index (χ2v) is 6.76. The van der Waals surface area contributed by atoms with Gasteiger partial charge in [-0.1, -0.05) is 70.2 Å². The summed E-state index contributed by atoms with van der Waals surface area (Å²) in [6.07, 6.45) is 12.2. The molecule has 0 saturated heterocycles. The predicted molar refractivity (Wildman–Crippen MR) is 92.8 cm³/mol. The quantitative estimate of drug-likeness (QED) is 0.699. The molecule has 21 heavy (non-hydrogen) atoms. The van der Waals surface area contributed by atoms with E-state index in [0.29, 0.717) is 6.04 Å². The maximum atomic E-state index is 3.79. The van der Waals surface area contributed by atoms with E-state index in [9.17, 15) is 0 Å². The van der Waals surface area contributed by atoms with Gasteiger partial charge in [-0.3, -0.25) is 0 Å². The third-order valence-electron chi connectivity index (χ3n) is 4.94. The van der Waals surface area contributed by atoms with E-state index in [1.54, 1.807) is 0 Å². The molecule has 0 aliphatic heterocycles. The second-order valence-electron chi connectivity index (χ2n) is 6.76. The van der Waals surface area contributed by atoms with E-state index < -0.39 is 0 Å². The Kier molecular flexibility index (Phi) is 7.29. The monoisotopic (exact) mass is 287 g/mol. The molecule has 1 aliphatic carbocycles. The van der Waals surface area contributed by atoms with Crippen molar-refractivity contribution in [3.63, 3.8) is 0 Å². The Hall–Kier alpha value is -0.820. The molecule has 0 aromatic heterocycles. The molecule has 0 bridgehead atoms. The van der Waals surface area contributed by atoms with E-state index >= 15 is 0 Å². The molecular formula is C20H33N. The van der Waals surface area contributed by atoms with Crippen molar-refractivity contribution in [2.24, 2.45) is 5.92 Å². The van der Waals surface area contributed by atoms with Gasteiger partial charge in [-0.2, -0.15) is 0 Å². The van der Waals surface area contributed by atoms with Crippen LogP contribution in [0.1, 0.15) is 69.9 Å². The summed E-state index contributed by atoms with van der Waals surface area (Å²) in [5.74, 6) is 0.961. The van der Waals surface area contributed by atoms with Crippen LogP contribution in [0.15, 0.2) is 24.3 Å². The van der Waals surface area contributed by atoms with Crippen molar-refractivity contribution < 1.29 is 0 Å². The van der Waals surface area contributed by atoms with Crippen LogP contribution in [0.25, 0.3) is 0 Å². The highest BCUT2D eigenvalue weighted by Gasteiger charge is 2.18. The summed E-state index contributed by atoms with van der Waals surface area (Å²) in [5, 5.41) is 3.79. The molecule has 0 spiro atoms. The molecular weight excluding hydrogens is 254 g/mol. The number of aryl methyl sites for hydroxylation is 1. The third kappa shape index (κ3) is 5.82. The first-order valence-electron chi connectivity index (χ1n) is 9.13. The van der Waals surface area contributed by atoms with Crippen molar-refractivity contribution in [2.75, 3.05) is 6.54 Å². The molecule has 1 saturated carbocycles. The normalized spacial score (nSPS) is 17.8. The first kappa shape index (κ1) is 16.5. The van der Waals surface area contributed by atoms with Crippen LogP contribution in [0, 0.1) is 5.92 Å². The fourth-order valence-corrected chi connectivity index (χ4v) is 3.61. The standard InChI is InChI=1S/C20H33N/c1-3-14-21-20(15-18-8-6-5-7-9-18)16-19-12-10-17(4-2)11-13-19/h10-13,18,20-21H,3-9,14-16H2,1-2H3. The lowest BCUT2D eigenvalue weighted by Crippen LogP contribution is -2.34. The molecule has 1 aromatic carbocycles. The predicted octanol–water partition coefficient (Wildman–Crippen LogP) is 5.13. The Balaban J connectivity index is 1.90. The summed E-state index contributed by atoms with van der Waals surface area (Å²) in [5.41, 5.74) is 2.95. The summed E-state index contributed by atoms with van der Waals surface area (Å²) in [6, 6.07) is 9.93.